The van der Waals surface area contributed by atoms with Crippen LogP contribution in [0.5, 0.6) is 5.75 Å². The highest BCUT2D eigenvalue weighted by Crippen LogP contribution is 2.25. The van der Waals surface area contributed by atoms with Gasteiger partial charge in [0, 0.05) is 25.2 Å². The molecule has 0 bridgehead atoms. The van der Waals surface area contributed by atoms with Crippen LogP contribution in [0, 0.1) is 17.2 Å². The van der Waals surface area contributed by atoms with E-state index in [2.05, 4.69) is 6.07 Å². The molecular formula is C13H14N2O3. The number of hydrogen-bond acceptors (Lipinski definition) is 4. The summed E-state index contributed by atoms with van der Waals surface area (Å²) in [5, 5.41) is 17.7. The molecule has 18 heavy (non-hydrogen) atoms. The largest absolute Gasteiger partial charge is 0.496 e. The predicted molar refractivity (Wildman–Crippen MR) is 64.1 cm³/mol. The molecule has 1 heterocycles. The van der Waals surface area contributed by atoms with Gasteiger partial charge in [-0.25, -0.2) is 0 Å². The molecule has 1 aliphatic heterocycles. The van der Waals surface area contributed by atoms with E-state index in [0.29, 0.717) is 25.2 Å². The molecule has 1 aromatic carbocycles. The van der Waals surface area contributed by atoms with Crippen molar-refractivity contribution in [2.24, 2.45) is 5.92 Å². The van der Waals surface area contributed by atoms with Gasteiger partial charge in [0.25, 0.3) is 0 Å². The van der Waals surface area contributed by atoms with Crippen LogP contribution in [0.25, 0.3) is 0 Å². The molecule has 1 aliphatic rings. The van der Waals surface area contributed by atoms with Gasteiger partial charge in [0.15, 0.2) is 0 Å². The Morgan fingerprint density at radius 2 is 2.33 bits per heavy atom. The first-order valence-electron chi connectivity index (χ1n) is 5.66. The van der Waals surface area contributed by atoms with Gasteiger partial charge in [0.05, 0.1) is 24.7 Å². The number of benzene rings is 1. The number of ether oxygens (including phenoxy) is 1. The number of likely N-dealkylation sites (tertiary alicyclic amines) is 1. The average molecular weight is 246 g/mol. The van der Waals surface area contributed by atoms with Crippen LogP contribution in [-0.2, 0) is 11.3 Å². The SMILES string of the molecule is COc1ccc(C#N)cc1CN1CC(C(=O)O)C1. The van der Waals surface area contributed by atoms with E-state index < -0.39 is 5.97 Å². The van der Waals surface area contributed by atoms with Crippen LogP contribution >= 0.6 is 0 Å². The van der Waals surface area contributed by atoms with Crippen molar-refractivity contribution in [2.75, 3.05) is 20.2 Å². The maximum atomic E-state index is 10.7. The van der Waals surface area contributed by atoms with Gasteiger partial charge in [0.2, 0.25) is 0 Å². The third-order valence-corrected chi connectivity index (χ3v) is 3.11. The van der Waals surface area contributed by atoms with E-state index in [9.17, 15) is 4.79 Å². The number of methoxy groups -OCH3 is 1. The fourth-order valence-electron chi connectivity index (χ4n) is 2.07. The minimum Gasteiger partial charge on any atom is -0.496 e. The van der Waals surface area contributed by atoms with Crippen molar-refractivity contribution < 1.29 is 14.6 Å². The molecular weight excluding hydrogens is 232 g/mol. The lowest BCUT2D eigenvalue weighted by Gasteiger charge is -2.36. The average Bonchev–Trinajstić information content (AvgIpc) is 2.32. The van der Waals surface area contributed by atoms with Crippen LogP contribution in [0.4, 0.5) is 0 Å². The molecule has 5 heteroatoms. The van der Waals surface area contributed by atoms with Gasteiger partial charge in [-0.3, -0.25) is 9.69 Å². The van der Waals surface area contributed by atoms with Gasteiger partial charge in [0.1, 0.15) is 5.75 Å². The van der Waals surface area contributed by atoms with Crippen molar-refractivity contribution in [3.05, 3.63) is 29.3 Å². The topological polar surface area (TPSA) is 73.6 Å². The molecule has 0 spiro atoms. The van der Waals surface area contributed by atoms with Gasteiger partial charge in [-0.05, 0) is 18.2 Å². The van der Waals surface area contributed by atoms with E-state index in [1.54, 1.807) is 25.3 Å². The molecule has 94 valence electrons. The number of carboxylic acids is 1. The Labute approximate surface area is 105 Å². The fourth-order valence-corrected chi connectivity index (χ4v) is 2.07. The molecule has 5 nitrogen and oxygen atoms in total. The zero-order chi connectivity index (χ0) is 13.1. The van der Waals surface area contributed by atoms with Gasteiger partial charge in [-0.1, -0.05) is 0 Å². The second kappa shape index (κ2) is 5.07. The molecule has 0 saturated carbocycles. The third-order valence-electron chi connectivity index (χ3n) is 3.11. The predicted octanol–water partition coefficient (Wildman–Crippen LogP) is 1.08. The third kappa shape index (κ3) is 2.44. The van der Waals surface area contributed by atoms with Gasteiger partial charge in [-0.15, -0.1) is 0 Å². The highest BCUT2D eigenvalue weighted by molar-refractivity contribution is 5.71. The molecule has 0 radical (unpaired) electrons. The minimum absolute atomic E-state index is 0.268. The summed E-state index contributed by atoms with van der Waals surface area (Å²) >= 11 is 0. The van der Waals surface area contributed by atoms with Crippen molar-refractivity contribution in [1.82, 2.24) is 4.90 Å². The standard InChI is InChI=1S/C13H14N2O3/c1-18-12-3-2-9(5-14)4-10(12)6-15-7-11(8-15)13(16)17/h2-4,11H,6-8H2,1H3,(H,16,17). The first-order valence-corrected chi connectivity index (χ1v) is 5.66. The Bertz CT molecular complexity index is 501. The molecule has 0 aliphatic carbocycles. The maximum Gasteiger partial charge on any atom is 0.309 e. The van der Waals surface area contributed by atoms with Crippen LogP contribution in [0.15, 0.2) is 18.2 Å². The second-order valence-electron chi connectivity index (χ2n) is 4.37. The highest BCUT2D eigenvalue weighted by atomic mass is 16.5. The van der Waals surface area contributed by atoms with Crippen LogP contribution in [-0.4, -0.2) is 36.2 Å². The molecule has 0 unspecified atom stereocenters. The summed E-state index contributed by atoms with van der Waals surface area (Å²) < 4.78 is 5.24. The summed E-state index contributed by atoms with van der Waals surface area (Å²) in [5.74, 6) is -0.285. The first-order chi connectivity index (χ1) is 8.63. The van der Waals surface area contributed by atoms with Crippen molar-refractivity contribution in [3.8, 4) is 11.8 Å². The van der Waals surface area contributed by atoms with E-state index in [4.69, 9.17) is 15.1 Å². The smallest absolute Gasteiger partial charge is 0.309 e. The molecule has 2 rings (SSSR count). The van der Waals surface area contributed by atoms with E-state index >= 15 is 0 Å². The lowest BCUT2D eigenvalue weighted by molar-refractivity contribution is -0.147. The van der Waals surface area contributed by atoms with Crippen LogP contribution < -0.4 is 4.74 Å². The zero-order valence-corrected chi connectivity index (χ0v) is 10.1. The number of rotatable bonds is 4. The minimum atomic E-state index is -0.746. The Balaban J connectivity index is 2.05. The van der Waals surface area contributed by atoms with E-state index in [1.807, 2.05) is 4.90 Å². The monoisotopic (exact) mass is 246 g/mol. The Morgan fingerprint density at radius 1 is 1.61 bits per heavy atom. The molecule has 0 atom stereocenters. The summed E-state index contributed by atoms with van der Waals surface area (Å²) in [7, 11) is 1.58. The van der Waals surface area contributed by atoms with E-state index in [0.717, 1.165) is 11.3 Å². The van der Waals surface area contributed by atoms with Gasteiger partial charge >= 0.3 is 5.97 Å². The summed E-state index contributed by atoms with van der Waals surface area (Å²) in [6.07, 6.45) is 0. The molecule has 1 aromatic rings. The van der Waals surface area contributed by atoms with E-state index in [1.165, 1.54) is 0 Å². The Kier molecular flexibility index (Phi) is 3.49. The molecule has 1 fully saturated rings. The molecule has 0 aromatic heterocycles. The van der Waals surface area contributed by atoms with Crippen molar-refractivity contribution >= 4 is 5.97 Å². The van der Waals surface area contributed by atoms with Crippen LogP contribution in [0.1, 0.15) is 11.1 Å². The number of carbonyl (C=O) groups is 1. The number of hydrogen-bond donors (Lipinski definition) is 1. The number of aliphatic carboxylic acids is 1. The number of nitriles is 1. The second-order valence-corrected chi connectivity index (χ2v) is 4.37. The quantitative estimate of drug-likeness (QED) is 0.860. The highest BCUT2D eigenvalue weighted by Gasteiger charge is 2.32. The van der Waals surface area contributed by atoms with Crippen molar-refractivity contribution in [1.29, 1.82) is 5.26 Å². The number of nitrogens with zero attached hydrogens (tertiary/aromatic N) is 2. The van der Waals surface area contributed by atoms with Crippen LogP contribution in [0.2, 0.25) is 0 Å². The zero-order valence-electron chi connectivity index (χ0n) is 10.1. The lowest BCUT2D eigenvalue weighted by atomic mass is 9.99. The van der Waals surface area contributed by atoms with Crippen LogP contribution in [0.3, 0.4) is 0 Å². The number of carboxylic acid groups (broad SMARTS) is 1. The Morgan fingerprint density at radius 3 is 2.89 bits per heavy atom. The lowest BCUT2D eigenvalue weighted by Crippen LogP contribution is -2.49. The first kappa shape index (κ1) is 12.4. The molecule has 1 N–H and O–H groups in total. The molecule has 1 saturated heterocycles. The Hall–Kier alpha value is -2.06. The van der Waals surface area contributed by atoms with Crippen molar-refractivity contribution in [3.63, 3.8) is 0 Å². The normalized spacial score (nSPS) is 15.8. The summed E-state index contributed by atoms with van der Waals surface area (Å²) in [6, 6.07) is 7.34. The fraction of sp³-hybridized carbons (Fsp3) is 0.385. The summed E-state index contributed by atoms with van der Waals surface area (Å²) in [5.41, 5.74) is 1.50. The summed E-state index contributed by atoms with van der Waals surface area (Å²) in [4.78, 5) is 12.7. The van der Waals surface area contributed by atoms with E-state index in [-0.39, 0.29) is 5.92 Å². The van der Waals surface area contributed by atoms with Gasteiger partial charge in [-0.2, -0.15) is 5.26 Å². The van der Waals surface area contributed by atoms with Crippen molar-refractivity contribution in [2.45, 2.75) is 6.54 Å². The molecule has 0 amide bonds. The summed E-state index contributed by atoms with van der Waals surface area (Å²) in [6.45, 7) is 1.72. The maximum absolute atomic E-state index is 10.7. The van der Waals surface area contributed by atoms with Gasteiger partial charge < -0.3 is 9.84 Å².